The fourth-order valence-corrected chi connectivity index (χ4v) is 1.28. The van der Waals surface area contributed by atoms with E-state index in [1.54, 1.807) is 12.1 Å². The van der Waals surface area contributed by atoms with E-state index in [1.807, 2.05) is 6.92 Å². The maximum atomic E-state index is 11.3. The molecule has 1 aromatic rings. The number of methoxy groups -OCH3 is 1. The molecule has 15 heavy (non-hydrogen) atoms. The van der Waals surface area contributed by atoms with E-state index in [1.165, 1.54) is 13.2 Å². The number of rotatable bonds is 3. The van der Waals surface area contributed by atoms with Crippen molar-refractivity contribution >= 4 is 11.9 Å². The summed E-state index contributed by atoms with van der Waals surface area (Å²) in [5.74, 6) is -1.75. The van der Waals surface area contributed by atoms with Crippen molar-refractivity contribution in [2.45, 2.75) is 13.3 Å². The van der Waals surface area contributed by atoms with Gasteiger partial charge in [0.2, 0.25) is 0 Å². The van der Waals surface area contributed by atoms with E-state index in [9.17, 15) is 9.59 Å². The third kappa shape index (κ3) is 2.34. The lowest BCUT2D eigenvalue weighted by Gasteiger charge is -2.05. The van der Waals surface area contributed by atoms with Crippen LogP contribution in [-0.4, -0.2) is 24.2 Å². The largest absolute Gasteiger partial charge is 0.478 e. The molecule has 0 fully saturated rings. The number of hydrogen-bond donors (Lipinski definition) is 1. The van der Waals surface area contributed by atoms with Crippen LogP contribution in [0.5, 0.6) is 0 Å². The predicted octanol–water partition coefficient (Wildman–Crippen LogP) is 1.73. The van der Waals surface area contributed by atoms with Gasteiger partial charge in [0.15, 0.2) is 0 Å². The molecule has 0 saturated carbocycles. The summed E-state index contributed by atoms with van der Waals surface area (Å²) in [6, 6.07) is 4.67. The molecule has 4 heteroatoms. The fourth-order valence-electron chi connectivity index (χ4n) is 1.28. The smallest absolute Gasteiger partial charge is 0.338 e. The van der Waals surface area contributed by atoms with Crippen LogP contribution >= 0.6 is 0 Å². The van der Waals surface area contributed by atoms with E-state index < -0.39 is 11.9 Å². The van der Waals surface area contributed by atoms with Crippen molar-refractivity contribution < 1.29 is 19.4 Å². The third-order valence-electron chi connectivity index (χ3n) is 2.13. The number of carboxylic acid groups (broad SMARTS) is 1. The summed E-state index contributed by atoms with van der Waals surface area (Å²) in [6.45, 7) is 1.93. The molecule has 0 radical (unpaired) electrons. The molecule has 0 spiro atoms. The van der Waals surface area contributed by atoms with Gasteiger partial charge in [-0.05, 0) is 24.1 Å². The Bertz CT molecular complexity index is 396. The Hall–Kier alpha value is -1.84. The molecule has 1 aromatic carbocycles. The molecule has 0 amide bonds. The van der Waals surface area contributed by atoms with Crippen LogP contribution in [0.1, 0.15) is 33.2 Å². The van der Waals surface area contributed by atoms with E-state index in [0.29, 0.717) is 0 Å². The second-order valence-corrected chi connectivity index (χ2v) is 3.03. The number of hydrogen-bond acceptors (Lipinski definition) is 3. The Morgan fingerprint density at radius 3 is 2.47 bits per heavy atom. The van der Waals surface area contributed by atoms with Gasteiger partial charge in [0.1, 0.15) is 0 Å². The summed E-state index contributed by atoms with van der Waals surface area (Å²) < 4.78 is 4.52. The van der Waals surface area contributed by atoms with E-state index in [2.05, 4.69) is 4.74 Å². The summed E-state index contributed by atoms with van der Waals surface area (Å²) in [7, 11) is 1.23. The van der Waals surface area contributed by atoms with Crippen molar-refractivity contribution in [2.24, 2.45) is 0 Å². The maximum Gasteiger partial charge on any atom is 0.338 e. The first-order valence-corrected chi connectivity index (χ1v) is 4.54. The number of esters is 1. The number of aromatic carboxylic acids is 1. The molecule has 80 valence electrons. The summed E-state index contributed by atoms with van der Waals surface area (Å²) in [5.41, 5.74) is 0.976. The number of benzene rings is 1. The topological polar surface area (TPSA) is 63.6 Å². The second-order valence-electron chi connectivity index (χ2n) is 3.03. The van der Waals surface area contributed by atoms with Crippen molar-refractivity contribution in [2.75, 3.05) is 7.11 Å². The van der Waals surface area contributed by atoms with Crippen LogP contribution in [0.2, 0.25) is 0 Å². The van der Waals surface area contributed by atoms with Crippen LogP contribution in [0.4, 0.5) is 0 Å². The van der Waals surface area contributed by atoms with Crippen LogP contribution in [0, 0.1) is 0 Å². The lowest BCUT2D eigenvalue weighted by Crippen LogP contribution is -2.10. The van der Waals surface area contributed by atoms with Gasteiger partial charge in [-0.15, -0.1) is 0 Å². The number of carbonyl (C=O) groups is 2. The minimum atomic E-state index is -1.13. The van der Waals surface area contributed by atoms with Gasteiger partial charge >= 0.3 is 11.9 Å². The Balaban J connectivity index is 3.28. The average molecular weight is 208 g/mol. The SMILES string of the molecule is CCc1ccc(C(=O)O)c(C(=O)OC)c1. The molecule has 0 aromatic heterocycles. The quantitative estimate of drug-likeness (QED) is 0.768. The van der Waals surface area contributed by atoms with Gasteiger partial charge in [-0.2, -0.15) is 0 Å². The molecule has 4 nitrogen and oxygen atoms in total. The van der Waals surface area contributed by atoms with Crippen molar-refractivity contribution in [3.8, 4) is 0 Å². The minimum absolute atomic E-state index is 0.0287. The highest BCUT2D eigenvalue weighted by Crippen LogP contribution is 2.14. The highest BCUT2D eigenvalue weighted by molar-refractivity contribution is 6.02. The van der Waals surface area contributed by atoms with Crippen molar-refractivity contribution in [3.63, 3.8) is 0 Å². The van der Waals surface area contributed by atoms with Gasteiger partial charge in [0.05, 0.1) is 18.2 Å². The summed E-state index contributed by atoms with van der Waals surface area (Å²) >= 11 is 0. The number of carbonyl (C=O) groups excluding carboxylic acids is 1. The lowest BCUT2D eigenvalue weighted by atomic mass is 10.0. The number of carboxylic acids is 1. The molecule has 0 saturated heterocycles. The van der Waals surface area contributed by atoms with Crippen molar-refractivity contribution in [3.05, 3.63) is 34.9 Å². The highest BCUT2D eigenvalue weighted by Gasteiger charge is 2.16. The van der Waals surface area contributed by atoms with Crippen LogP contribution in [0.15, 0.2) is 18.2 Å². The van der Waals surface area contributed by atoms with E-state index in [0.717, 1.165) is 12.0 Å². The van der Waals surface area contributed by atoms with Gasteiger partial charge < -0.3 is 9.84 Å². The lowest BCUT2D eigenvalue weighted by molar-refractivity contribution is 0.0582. The fraction of sp³-hybridized carbons (Fsp3) is 0.273. The van der Waals surface area contributed by atoms with Crippen molar-refractivity contribution in [1.29, 1.82) is 0 Å². The first-order chi connectivity index (χ1) is 7.10. The molecular weight excluding hydrogens is 196 g/mol. The minimum Gasteiger partial charge on any atom is -0.478 e. The second kappa shape index (κ2) is 4.59. The molecular formula is C11H12O4. The maximum absolute atomic E-state index is 11.3. The first kappa shape index (κ1) is 11.2. The molecule has 0 heterocycles. The Morgan fingerprint density at radius 2 is 2.00 bits per heavy atom. The Kier molecular flexibility index (Phi) is 3.44. The standard InChI is InChI=1S/C11H12O4/c1-3-7-4-5-8(10(12)13)9(6-7)11(14)15-2/h4-6H,3H2,1-2H3,(H,12,13). The van der Waals surface area contributed by atoms with E-state index >= 15 is 0 Å². The zero-order chi connectivity index (χ0) is 11.4. The number of ether oxygens (including phenoxy) is 1. The molecule has 0 bridgehead atoms. The molecule has 0 aliphatic carbocycles. The van der Waals surface area contributed by atoms with Gasteiger partial charge in [0.25, 0.3) is 0 Å². The predicted molar refractivity (Wildman–Crippen MR) is 54.1 cm³/mol. The van der Waals surface area contributed by atoms with E-state index in [4.69, 9.17) is 5.11 Å². The molecule has 0 aliphatic heterocycles. The zero-order valence-corrected chi connectivity index (χ0v) is 8.61. The van der Waals surface area contributed by atoms with Gasteiger partial charge in [-0.3, -0.25) is 0 Å². The molecule has 1 N–H and O–H groups in total. The molecule has 0 aliphatic rings. The zero-order valence-electron chi connectivity index (χ0n) is 8.61. The summed E-state index contributed by atoms with van der Waals surface area (Å²) in [4.78, 5) is 22.2. The van der Waals surface area contributed by atoms with Crippen molar-refractivity contribution in [1.82, 2.24) is 0 Å². The highest BCUT2D eigenvalue weighted by atomic mass is 16.5. The Morgan fingerprint density at radius 1 is 1.33 bits per heavy atom. The van der Waals surface area contributed by atoms with Crippen LogP contribution < -0.4 is 0 Å². The third-order valence-corrected chi connectivity index (χ3v) is 2.13. The van der Waals surface area contributed by atoms with Gasteiger partial charge in [-0.25, -0.2) is 9.59 Å². The van der Waals surface area contributed by atoms with Gasteiger partial charge in [-0.1, -0.05) is 13.0 Å². The summed E-state index contributed by atoms with van der Waals surface area (Å²) in [6.07, 6.45) is 0.740. The van der Waals surface area contributed by atoms with Gasteiger partial charge in [0, 0.05) is 0 Å². The first-order valence-electron chi connectivity index (χ1n) is 4.54. The van der Waals surface area contributed by atoms with Crippen LogP contribution in [0.3, 0.4) is 0 Å². The Labute approximate surface area is 87.5 Å². The average Bonchev–Trinajstić information content (AvgIpc) is 2.26. The van der Waals surface area contributed by atoms with Crippen LogP contribution in [-0.2, 0) is 11.2 Å². The normalized spacial score (nSPS) is 9.73. The van der Waals surface area contributed by atoms with E-state index in [-0.39, 0.29) is 11.1 Å². The molecule has 0 atom stereocenters. The summed E-state index contributed by atoms with van der Waals surface area (Å²) in [5, 5.41) is 8.87. The monoisotopic (exact) mass is 208 g/mol. The van der Waals surface area contributed by atoms with Crippen LogP contribution in [0.25, 0.3) is 0 Å². The molecule has 1 rings (SSSR count). The number of aryl methyl sites for hydroxylation is 1. The molecule has 0 unspecified atom stereocenters.